The average Bonchev–Trinajstić information content (AvgIpc) is 3.34. The van der Waals surface area contributed by atoms with Crippen molar-refractivity contribution in [3.63, 3.8) is 0 Å². The highest BCUT2D eigenvalue weighted by Crippen LogP contribution is 2.16. The summed E-state index contributed by atoms with van der Waals surface area (Å²) in [6, 6.07) is 29.3. The molecule has 6 nitrogen and oxygen atoms in total. The average molecular weight is 469 g/mol. The van der Waals surface area contributed by atoms with Gasteiger partial charge < -0.3 is 9.57 Å². The molecule has 1 aromatic heterocycles. The number of ether oxygens (including phenoxy) is 1. The SMILES string of the molecule is O=C(CCc1nccn1OC(=O)C(Cc1ccccc1)Cc1ccccc1)OCc1ccccc1. The van der Waals surface area contributed by atoms with Gasteiger partial charge in [0.1, 0.15) is 12.4 Å². The fraction of sp³-hybridized carbons (Fsp3) is 0.207. The van der Waals surface area contributed by atoms with Crippen molar-refractivity contribution in [1.82, 2.24) is 9.71 Å². The molecule has 0 fully saturated rings. The number of imidazole rings is 1. The third-order valence-electron chi connectivity index (χ3n) is 5.65. The van der Waals surface area contributed by atoms with Gasteiger partial charge in [-0.3, -0.25) is 4.79 Å². The summed E-state index contributed by atoms with van der Waals surface area (Å²) in [7, 11) is 0. The van der Waals surface area contributed by atoms with Gasteiger partial charge in [-0.05, 0) is 29.5 Å². The number of benzene rings is 3. The summed E-state index contributed by atoms with van der Waals surface area (Å²) < 4.78 is 6.69. The van der Waals surface area contributed by atoms with Crippen LogP contribution in [0.1, 0.15) is 28.9 Å². The van der Waals surface area contributed by atoms with E-state index in [0.29, 0.717) is 25.1 Å². The number of hydrogen-bond donors (Lipinski definition) is 0. The molecule has 4 aromatic rings. The second kappa shape index (κ2) is 12.3. The molecule has 0 aliphatic rings. The summed E-state index contributed by atoms with van der Waals surface area (Å²) in [4.78, 5) is 35.4. The smallest absolute Gasteiger partial charge is 0.336 e. The van der Waals surface area contributed by atoms with Crippen molar-refractivity contribution in [2.45, 2.75) is 32.3 Å². The van der Waals surface area contributed by atoms with Crippen LogP contribution >= 0.6 is 0 Å². The molecule has 0 atom stereocenters. The van der Waals surface area contributed by atoms with E-state index in [1.165, 1.54) is 4.73 Å². The largest absolute Gasteiger partial charge is 0.461 e. The van der Waals surface area contributed by atoms with Gasteiger partial charge >= 0.3 is 11.9 Å². The first kappa shape index (κ1) is 24.0. The summed E-state index contributed by atoms with van der Waals surface area (Å²) in [6.45, 7) is 0.226. The zero-order chi connectivity index (χ0) is 24.3. The molecule has 0 aliphatic heterocycles. The first-order valence-corrected chi connectivity index (χ1v) is 11.7. The first-order valence-electron chi connectivity index (χ1n) is 11.7. The first-order chi connectivity index (χ1) is 17.2. The Bertz CT molecular complexity index is 1170. The van der Waals surface area contributed by atoms with Crippen LogP contribution in [0.25, 0.3) is 0 Å². The Morgan fingerprint density at radius 1 is 0.771 bits per heavy atom. The van der Waals surface area contributed by atoms with Gasteiger partial charge in [0, 0.05) is 12.6 Å². The Labute approximate surface area is 205 Å². The van der Waals surface area contributed by atoms with Gasteiger partial charge in [-0.15, -0.1) is 0 Å². The zero-order valence-electron chi connectivity index (χ0n) is 19.5. The van der Waals surface area contributed by atoms with Crippen molar-refractivity contribution in [2.24, 2.45) is 5.92 Å². The quantitative estimate of drug-likeness (QED) is 0.301. The summed E-state index contributed by atoms with van der Waals surface area (Å²) in [6.07, 6.45) is 4.70. The third-order valence-corrected chi connectivity index (χ3v) is 5.65. The van der Waals surface area contributed by atoms with Crippen LogP contribution in [0.5, 0.6) is 0 Å². The van der Waals surface area contributed by atoms with E-state index in [9.17, 15) is 9.59 Å². The van der Waals surface area contributed by atoms with E-state index in [0.717, 1.165) is 16.7 Å². The van der Waals surface area contributed by atoms with Gasteiger partial charge in [0.05, 0.1) is 18.5 Å². The van der Waals surface area contributed by atoms with E-state index < -0.39 is 0 Å². The number of hydrogen-bond acceptors (Lipinski definition) is 5. The molecule has 35 heavy (non-hydrogen) atoms. The lowest BCUT2D eigenvalue weighted by molar-refractivity contribution is -0.149. The van der Waals surface area contributed by atoms with Crippen molar-refractivity contribution >= 4 is 11.9 Å². The van der Waals surface area contributed by atoms with Crippen molar-refractivity contribution in [1.29, 1.82) is 0 Å². The molecule has 1 heterocycles. The normalized spacial score (nSPS) is 10.8. The Morgan fingerprint density at radius 3 is 1.89 bits per heavy atom. The number of carbonyl (C=O) groups excluding carboxylic acids is 2. The molecule has 0 saturated carbocycles. The molecule has 0 spiro atoms. The molecule has 0 unspecified atom stereocenters. The van der Waals surface area contributed by atoms with Crippen molar-refractivity contribution in [3.8, 4) is 0 Å². The van der Waals surface area contributed by atoms with Crippen LogP contribution in [0.3, 0.4) is 0 Å². The van der Waals surface area contributed by atoms with E-state index in [1.54, 1.807) is 12.4 Å². The van der Waals surface area contributed by atoms with Gasteiger partial charge in [0.2, 0.25) is 0 Å². The number of esters is 1. The van der Waals surface area contributed by atoms with Crippen molar-refractivity contribution in [2.75, 3.05) is 0 Å². The number of carbonyl (C=O) groups is 2. The van der Waals surface area contributed by atoms with Crippen molar-refractivity contribution < 1.29 is 19.2 Å². The Hall–Kier alpha value is -4.19. The summed E-state index contributed by atoms with van der Waals surface area (Å²) >= 11 is 0. The second-order valence-electron chi connectivity index (χ2n) is 8.30. The highest BCUT2D eigenvalue weighted by atomic mass is 16.7. The molecule has 178 valence electrons. The lowest BCUT2D eigenvalue weighted by Crippen LogP contribution is -2.31. The van der Waals surface area contributed by atoms with E-state index >= 15 is 0 Å². The van der Waals surface area contributed by atoms with E-state index in [4.69, 9.17) is 9.57 Å². The van der Waals surface area contributed by atoms with Crippen LogP contribution in [-0.4, -0.2) is 21.7 Å². The minimum atomic E-state index is -0.370. The lowest BCUT2D eigenvalue weighted by atomic mass is 9.93. The van der Waals surface area contributed by atoms with Crippen LogP contribution in [0, 0.1) is 5.92 Å². The van der Waals surface area contributed by atoms with Gasteiger partial charge in [0.15, 0.2) is 0 Å². The molecule has 0 N–H and O–H groups in total. The predicted molar refractivity (Wildman–Crippen MR) is 132 cm³/mol. The van der Waals surface area contributed by atoms with Crippen LogP contribution in [0.4, 0.5) is 0 Å². The molecule has 0 bridgehead atoms. The molecule has 0 aliphatic carbocycles. The fourth-order valence-corrected chi connectivity index (χ4v) is 3.81. The standard InChI is InChI=1S/C29H28N2O4/c32-28(34-22-25-14-8-3-9-15-25)17-16-27-30-18-19-31(27)35-29(33)26(20-23-10-4-1-5-11-23)21-24-12-6-2-7-13-24/h1-15,18-19,26H,16-17,20-22H2. The van der Waals surface area contributed by atoms with Crippen molar-refractivity contribution in [3.05, 3.63) is 126 Å². The van der Waals surface area contributed by atoms with Gasteiger partial charge in [-0.25, -0.2) is 9.78 Å². The second-order valence-corrected chi connectivity index (χ2v) is 8.30. The van der Waals surface area contributed by atoms with Gasteiger partial charge in [0.25, 0.3) is 0 Å². The Kier molecular flexibility index (Phi) is 8.43. The monoisotopic (exact) mass is 468 g/mol. The molecule has 0 amide bonds. The molecule has 3 aromatic carbocycles. The lowest BCUT2D eigenvalue weighted by Gasteiger charge is -2.17. The summed E-state index contributed by atoms with van der Waals surface area (Å²) in [5.74, 6) is -0.552. The summed E-state index contributed by atoms with van der Waals surface area (Å²) in [5, 5.41) is 0. The predicted octanol–water partition coefficient (Wildman–Crippen LogP) is 4.62. The Morgan fingerprint density at radius 2 is 1.31 bits per heavy atom. The van der Waals surface area contributed by atoms with Crippen LogP contribution in [0.15, 0.2) is 103 Å². The highest BCUT2D eigenvalue weighted by Gasteiger charge is 2.23. The zero-order valence-corrected chi connectivity index (χ0v) is 19.5. The molecule has 6 heteroatoms. The number of rotatable bonds is 11. The molecular formula is C29H28N2O4. The third kappa shape index (κ3) is 7.40. The van der Waals surface area contributed by atoms with Gasteiger partial charge in [-0.1, -0.05) is 91.0 Å². The molecular weight excluding hydrogens is 440 g/mol. The summed E-state index contributed by atoms with van der Waals surface area (Å²) in [5.41, 5.74) is 3.06. The highest BCUT2D eigenvalue weighted by molar-refractivity contribution is 5.73. The van der Waals surface area contributed by atoms with E-state index in [2.05, 4.69) is 4.98 Å². The maximum Gasteiger partial charge on any atom is 0.336 e. The van der Waals surface area contributed by atoms with Gasteiger partial charge in [-0.2, -0.15) is 4.73 Å². The van der Waals surface area contributed by atoms with Crippen LogP contribution in [0.2, 0.25) is 0 Å². The van der Waals surface area contributed by atoms with Crippen LogP contribution < -0.4 is 4.84 Å². The minimum Gasteiger partial charge on any atom is -0.461 e. The Balaban J connectivity index is 1.36. The van der Waals surface area contributed by atoms with E-state index in [1.807, 2.05) is 91.0 Å². The maximum absolute atomic E-state index is 13.2. The maximum atomic E-state index is 13.2. The topological polar surface area (TPSA) is 70.4 Å². The number of aromatic nitrogens is 2. The fourth-order valence-electron chi connectivity index (χ4n) is 3.81. The van der Waals surface area contributed by atoms with E-state index in [-0.39, 0.29) is 30.9 Å². The molecule has 0 saturated heterocycles. The molecule has 0 radical (unpaired) electrons. The molecule has 4 rings (SSSR count). The minimum absolute atomic E-state index is 0.138. The van der Waals surface area contributed by atoms with Crippen LogP contribution in [-0.2, 0) is 40.2 Å². The number of nitrogens with zero attached hydrogens (tertiary/aromatic N) is 2. The number of aryl methyl sites for hydroxylation is 1.